The van der Waals surface area contributed by atoms with Crippen molar-refractivity contribution in [2.75, 3.05) is 27.2 Å². The van der Waals surface area contributed by atoms with Crippen molar-refractivity contribution in [3.63, 3.8) is 0 Å². The molecule has 0 spiro atoms. The molecule has 143 valence electrons. The highest BCUT2D eigenvalue weighted by Gasteiger charge is 2.37. The van der Waals surface area contributed by atoms with Crippen molar-refractivity contribution in [2.45, 2.75) is 18.8 Å². The number of likely N-dealkylation sites (N-methyl/N-ethyl adjacent to an activating group) is 1. The Bertz CT molecular complexity index is 666. The summed E-state index contributed by atoms with van der Waals surface area (Å²) in [6.45, 7) is 1.19. The van der Waals surface area contributed by atoms with Gasteiger partial charge in [0.1, 0.15) is 0 Å². The van der Waals surface area contributed by atoms with Crippen molar-refractivity contribution < 1.29 is 26.3 Å². The number of hydrogen-bond donors (Lipinski definition) is 1. The van der Waals surface area contributed by atoms with E-state index < -0.39 is 23.5 Å². The standard InChI is InChI=1S/C18H19F6N2/c1-26(2)8-7-25-16-6-4-3-5-15(16)12-9-13(17(19,20)21)11-14(10-12)18(22,23)24/h3,5-6,9-11,25H,4,7-8H2,1-2H3. The van der Waals surface area contributed by atoms with E-state index in [0.717, 1.165) is 12.1 Å². The summed E-state index contributed by atoms with van der Waals surface area (Å²) in [5, 5.41) is 3.09. The van der Waals surface area contributed by atoms with Crippen LogP contribution in [0.15, 0.2) is 36.0 Å². The number of nitrogens with zero attached hydrogens (tertiary/aromatic N) is 1. The predicted octanol–water partition coefficient (Wildman–Crippen LogP) is 4.75. The van der Waals surface area contributed by atoms with Crippen LogP contribution in [0.4, 0.5) is 26.3 Å². The molecule has 8 heteroatoms. The second-order valence-electron chi connectivity index (χ2n) is 6.19. The first kappa shape index (κ1) is 20.4. The lowest BCUT2D eigenvalue weighted by atomic mass is 9.93. The maximum atomic E-state index is 13.1. The quantitative estimate of drug-likeness (QED) is 0.745. The van der Waals surface area contributed by atoms with Crippen LogP contribution in [-0.2, 0) is 12.4 Å². The third kappa shape index (κ3) is 5.27. The molecule has 0 amide bonds. The van der Waals surface area contributed by atoms with Crippen molar-refractivity contribution >= 4 is 5.57 Å². The Morgan fingerprint density at radius 2 is 1.54 bits per heavy atom. The Balaban J connectivity index is 2.41. The lowest BCUT2D eigenvalue weighted by molar-refractivity contribution is -0.143. The van der Waals surface area contributed by atoms with E-state index in [9.17, 15) is 26.3 Å². The van der Waals surface area contributed by atoms with E-state index in [1.807, 2.05) is 19.0 Å². The van der Waals surface area contributed by atoms with Gasteiger partial charge in [0.15, 0.2) is 0 Å². The minimum Gasteiger partial charge on any atom is -0.384 e. The fourth-order valence-electron chi connectivity index (χ4n) is 2.52. The number of nitrogens with one attached hydrogen (secondary N) is 1. The maximum Gasteiger partial charge on any atom is 0.416 e. The van der Waals surface area contributed by atoms with Gasteiger partial charge in [-0.1, -0.05) is 12.2 Å². The summed E-state index contributed by atoms with van der Waals surface area (Å²) in [6, 6.07) is 1.64. The second kappa shape index (κ2) is 7.73. The fraction of sp³-hybridized carbons (Fsp3) is 0.389. The average Bonchev–Trinajstić information content (AvgIpc) is 2.53. The highest BCUT2D eigenvalue weighted by molar-refractivity contribution is 5.81. The van der Waals surface area contributed by atoms with E-state index in [2.05, 4.69) is 5.32 Å². The van der Waals surface area contributed by atoms with Crippen molar-refractivity contribution in [1.82, 2.24) is 10.2 Å². The molecule has 0 saturated heterocycles. The summed E-state index contributed by atoms with van der Waals surface area (Å²) in [5.74, 6) is 0. The van der Waals surface area contributed by atoms with E-state index in [4.69, 9.17) is 0 Å². The van der Waals surface area contributed by atoms with E-state index in [1.54, 1.807) is 18.6 Å². The Morgan fingerprint density at radius 3 is 2.04 bits per heavy atom. The molecule has 0 atom stereocenters. The van der Waals surface area contributed by atoms with Crippen LogP contribution < -0.4 is 5.32 Å². The number of rotatable bonds is 5. The SMILES string of the molecule is CN(C)CCNC1=CC[CH]C=C1c1cc(C(F)(F)F)cc(C(F)(F)F)c1. The third-order valence-electron chi connectivity index (χ3n) is 3.81. The molecule has 0 unspecified atom stereocenters. The number of benzene rings is 1. The molecule has 0 aromatic heterocycles. The van der Waals surface area contributed by atoms with Crippen LogP contribution in [0.1, 0.15) is 23.1 Å². The molecule has 1 aromatic rings. The monoisotopic (exact) mass is 377 g/mol. The van der Waals surface area contributed by atoms with Crippen molar-refractivity contribution in [3.8, 4) is 0 Å². The summed E-state index contributed by atoms with van der Waals surface area (Å²) in [6.07, 6.45) is -4.18. The van der Waals surface area contributed by atoms with Gasteiger partial charge in [-0.25, -0.2) is 0 Å². The van der Waals surface area contributed by atoms with E-state index >= 15 is 0 Å². The maximum absolute atomic E-state index is 13.1. The Hall–Kier alpha value is -1.96. The zero-order valence-corrected chi connectivity index (χ0v) is 14.3. The summed E-state index contributed by atoms with van der Waals surface area (Å²) >= 11 is 0. The third-order valence-corrected chi connectivity index (χ3v) is 3.81. The van der Waals surface area contributed by atoms with Gasteiger partial charge in [-0.3, -0.25) is 0 Å². The molecule has 2 rings (SSSR count). The smallest absolute Gasteiger partial charge is 0.384 e. The van der Waals surface area contributed by atoms with Crippen LogP contribution in [-0.4, -0.2) is 32.1 Å². The molecule has 1 radical (unpaired) electrons. The number of allylic oxidation sites excluding steroid dienone is 3. The topological polar surface area (TPSA) is 15.3 Å². The molecular weight excluding hydrogens is 358 g/mol. The first-order chi connectivity index (χ1) is 12.0. The minimum absolute atomic E-state index is 0.119. The Kier molecular flexibility index (Phi) is 6.05. The molecule has 26 heavy (non-hydrogen) atoms. The molecule has 0 heterocycles. The molecule has 1 aliphatic carbocycles. The molecule has 1 aromatic carbocycles. The van der Waals surface area contributed by atoms with Gasteiger partial charge in [-0.2, -0.15) is 26.3 Å². The molecule has 0 bridgehead atoms. The molecule has 1 N–H and O–H groups in total. The molecule has 0 aliphatic heterocycles. The van der Waals surface area contributed by atoms with Gasteiger partial charge in [0, 0.05) is 24.4 Å². The summed E-state index contributed by atoms with van der Waals surface area (Å²) in [4.78, 5) is 1.91. The number of halogens is 6. The van der Waals surface area contributed by atoms with Crippen molar-refractivity contribution in [3.05, 3.63) is 59.2 Å². The minimum atomic E-state index is -4.86. The Morgan fingerprint density at radius 1 is 0.962 bits per heavy atom. The first-order valence-electron chi connectivity index (χ1n) is 7.91. The van der Waals surface area contributed by atoms with E-state index in [0.29, 0.717) is 30.8 Å². The van der Waals surface area contributed by atoms with Crippen LogP contribution >= 0.6 is 0 Å². The largest absolute Gasteiger partial charge is 0.416 e. The molecular formula is C18H19F6N2. The lowest BCUT2D eigenvalue weighted by Crippen LogP contribution is -2.27. The average molecular weight is 377 g/mol. The summed E-state index contributed by atoms with van der Waals surface area (Å²) in [5.41, 5.74) is -1.91. The van der Waals surface area contributed by atoms with E-state index in [-0.39, 0.29) is 11.6 Å². The second-order valence-corrected chi connectivity index (χ2v) is 6.19. The zero-order chi connectivity index (χ0) is 19.5. The van der Waals surface area contributed by atoms with Crippen LogP contribution in [0.25, 0.3) is 5.57 Å². The van der Waals surface area contributed by atoms with Gasteiger partial charge >= 0.3 is 12.4 Å². The molecule has 1 aliphatic rings. The van der Waals surface area contributed by atoms with Gasteiger partial charge in [0.2, 0.25) is 0 Å². The number of hydrogen-bond acceptors (Lipinski definition) is 2. The van der Waals surface area contributed by atoms with Crippen molar-refractivity contribution in [2.24, 2.45) is 0 Å². The Labute approximate surface area is 148 Å². The van der Waals surface area contributed by atoms with Crippen molar-refractivity contribution in [1.29, 1.82) is 0 Å². The van der Waals surface area contributed by atoms with Gasteiger partial charge in [0.05, 0.1) is 11.1 Å². The molecule has 0 saturated carbocycles. The summed E-state index contributed by atoms with van der Waals surface area (Å²) in [7, 11) is 3.73. The van der Waals surface area contributed by atoms with Gasteiger partial charge in [-0.15, -0.1) is 0 Å². The van der Waals surface area contributed by atoms with Gasteiger partial charge < -0.3 is 10.2 Å². The van der Waals surface area contributed by atoms with E-state index in [1.165, 1.54) is 0 Å². The molecule has 2 nitrogen and oxygen atoms in total. The number of alkyl halides is 6. The van der Waals surface area contributed by atoms with Crippen LogP contribution in [0.5, 0.6) is 0 Å². The van der Waals surface area contributed by atoms with Gasteiger partial charge in [-0.05, 0) is 50.7 Å². The highest BCUT2D eigenvalue weighted by Crippen LogP contribution is 2.39. The lowest BCUT2D eigenvalue weighted by Gasteiger charge is -2.21. The van der Waals surface area contributed by atoms with Crippen LogP contribution in [0, 0.1) is 6.42 Å². The normalized spacial score (nSPS) is 15.7. The van der Waals surface area contributed by atoms with Crippen LogP contribution in [0.3, 0.4) is 0 Å². The van der Waals surface area contributed by atoms with Gasteiger partial charge in [0.25, 0.3) is 0 Å². The highest BCUT2D eigenvalue weighted by atomic mass is 19.4. The summed E-state index contributed by atoms with van der Waals surface area (Å²) < 4.78 is 78.4. The van der Waals surface area contributed by atoms with Crippen LogP contribution in [0.2, 0.25) is 0 Å². The fourth-order valence-corrected chi connectivity index (χ4v) is 2.52. The first-order valence-corrected chi connectivity index (χ1v) is 7.91. The molecule has 0 fully saturated rings. The predicted molar refractivity (Wildman–Crippen MR) is 88.0 cm³/mol. The zero-order valence-electron chi connectivity index (χ0n) is 14.3.